The summed E-state index contributed by atoms with van der Waals surface area (Å²) in [7, 11) is 1.27. The van der Waals surface area contributed by atoms with Gasteiger partial charge in [0.25, 0.3) is 0 Å². The standard InChI is InChI=1S/C9H7BrClFO2/c1-14-9(13)8(10)6-3-2-5(12)4-7(6)11/h2-4,8H,1H3/t8-/m1/s1. The van der Waals surface area contributed by atoms with Crippen molar-refractivity contribution >= 4 is 33.5 Å². The van der Waals surface area contributed by atoms with Gasteiger partial charge in [0.2, 0.25) is 0 Å². The van der Waals surface area contributed by atoms with Crippen molar-refractivity contribution in [2.45, 2.75) is 4.83 Å². The molecule has 1 rings (SSSR count). The normalized spacial score (nSPS) is 12.3. The molecule has 5 heteroatoms. The predicted molar refractivity (Wildman–Crippen MR) is 55.1 cm³/mol. The quantitative estimate of drug-likeness (QED) is 0.615. The lowest BCUT2D eigenvalue weighted by Crippen LogP contribution is -2.08. The minimum absolute atomic E-state index is 0.192. The number of esters is 1. The first-order valence-electron chi connectivity index (χ1n) is 3.73. The molecule has 76 valence electrons. The maximum atomic E-state index is 12.7. The molecule has 1 atom stereocenters. The Morgan fingerprint density at radius 1 is 1.64 bits per heavy atom. The first-order chi connectivity index (χ1) is 6.56. The van der Waals surface area contributed by atoms with E-state index in [2.05, 4.69) is 20.7 Å². The van der Waals surface area contributed by atoms with Gasteiger partial charge >= 0.3 is 5.97 Å². The van der Waals surface area contributed by atoms with Crippen LogP contribution in [-0.4, -0.2) is 13.1 Å². The Labute approximate surface area is 94.1 Å². The summed E-state index contributed by atoms with van der Waals surface area (Å²) in [5, 5.41) is 0.192. The highest BCUT2D eigenvalue weighted by molar-refractivity contribution is 9.09. The van der Waals surface area contributed by atoms with Gasteiger partial charge in [-0.15, -0.1) is 0 Å². The lowest BCUT2D eigenvalue weighted by Gasteiger charge is -2.09. The van der Waals surface area contributed by atoms with Crippen LogP contribution in [0.1, 0.15) is 10.4 Å². The number of methoxy groups -OCH3 is 1. The molecule has 0 saturated heterocycles. The van der Waals surface area contributed by atoms with Gasteiger partial charge in [-0.05, 0) is 17.7 Å². The molecule has 0 radical (unpaired) electrons. The molecule has 1 aromatic carbocycles. The van der Waals surface area contributed by atoms with Crippen molar-refractivity contribution in [3.8, 4) is 0 Å². The number of carbonyl (C=O) groups excluding carboxylic acids is 1. The van der Waals surface area contributed by atoms with Crippen LogP contribution in [0.5, 0.6) is 0 Å². The molecule has 0 aromatic heterocycles. The molecule has 0 spiro atoms. The van der Waals surface area contributed by atoms with E-state index in [-0.39, 0.29) is 5.02 Å². The Balaban J connectivity index is 3.01. The second-order valence-corrected chi connectivity index (χ2v) is 3.87. The summed E-state index contributed by atoms with van der Waals surface area (Å²) in [6.07, 6.45) is 0. The van der Waals surface area contributed by atoms with Gasteiger partial charge in [-0.1, -0.05) is 33.6 Å². The topological polar surface area (TPSA) is 26.3 Å². The molecule has 0 aliphatic heterocycles. The molecule has 0 N–H and O–H groups in total. The zero-order valence-electron chi connectivity index (χ0n) is 7.26. The predicted octanol–water partition coefficient (Wildman–Crippen LogP) is 3.09. The highest BCUT2D eigenvalue weighted by Crippen LogP contribution is 2.30. The van der Waals surface area contributed by atoms with E-state index < -0.39 is 16.6 Å². The third-order valence-electron chi connectivity index (χ3n) is 1.64. The summed E-state index contributed by atoms with van der Waals surface area (Å²) in [6.45, 7) is 0. The van der Waals surface area contributed by atoms with Crippen molar-refractivity contribution in [1.29, 1.82) is 0 Å². The Bertz CT molecular complexity index is 357. The molecule has 0 saturated carbocycles. The van der Waals surface area contributed by atoms with E-state index in [1.807, 2.05) is 0 Å². The number of ether oxygens (including phenoxy) is 1. The van der Waals surface area contributed by atoms with Gasteiger partial charge in [-0.3, -0.25) is 4.79 Å². The monoisotopic (exact) mass is 280 g/mol. The number of hydrogen-bond donors (Lipinski definition) is 0. The van der Waals surface area contributed by atoms with Gasteiger partial charge in [-0.2, -0.15) is 0 Å². The number of hydrogen-bond acceptors (Lipinski definition) is 2. The van der Waals surface area contributed by atoms with Crippen molar-refractivity contribution in [1.82, 2.24) is 0 Å². The largest absolute Gasteiger partial charge is 0.468 e. The van der Waals surface area contributed by atoms with E-state index in [1.165, 1.54) is 19.2 Å². The van der Waals surface area contributed by atoms with Crippen molar-refractivity contribution in [2.24, 2.45) is 0 Å². The van der Waals surface area contributed by atoms with Crippen LogP contribution in [0.3, 0.4) is 0 Å². The minimum atomic E-state index is -0.666. The Hall–Kier alpha value is -0.610. The van der Waals surface area contributed by atoms with Gasteiger partial charge in [0, 0.05) is 5.02 Å². The molecule has 0 bridgehead atoms. The fourth-order valence-electron chi connectivity index (χ4n) is 0.937. The summed E-state index contributed by atoms with van der Waals surface area (Å²) in [5.74, 6) is -0.915. The van der Waals surface area contributed by atoms with Gasteiger partial charge in [0.1, 0.15) is 10.6 Å². The number of halogens is 3. The van der Waals surface area contributed by atoms with Crippen LogP contribution < -0.4 is 0 Å². The Morgan fingerprint density at radius 3 is 2.79 bits per heavy atom. The third kappa shape index (κ3) is 2.45. The maximum absolute atomic E-state index is 12.7. The average Bonchev–Trinajstić information content (AvgIpc) is 2.15. The van der Waals surface area contributed by atoms with Crippen LogP contribution >= 0.6 is 27.5 Å². The van der Waals surface area contributed by atoms with Crippen molar-refractivity contribution in [2.75, 3.05) is 7.11 Å². The van der Waals surface area contributed by atoms with Crippen LogP contribution in [0.25, 0.3) is 0 Å². The number of rotatable bonds is 2. The molecule has 1 aromatic rings. The fraction of sp³-hybridized carbons (Fsp3) is 0.222. The van der Waals surface area contributed by atoms with E-state index in [9.17, 15) is 9.18 Å². The SMILES string of the molecule is COC(=O)[C@H](Br)c1ccc(F)cc1Cl. The molecule has 14 heavy (non-hydrogen) atoms. The Kier molecular flexibility index (Phi) is 3.89. The lowest BCUT2D eigenvalue weighted by molar-refractivity contribution is -0.139. The average molecular weight is 282 g/mol. The van der Waals surface area contributed by atoms with Gasteiger partial charge < -0.3 is 4.74 Å². The lowest BCUT2D eigenvalue weighted by atomic mass is 10.1. The molecule has 0 amide bonds. The first-order valence-corrected chi connectivity index (χ1v) is 5.02. The third-order valence-corrected chi connectivity index (χ3v) is 2.84. The molecule has 0 aliphatic rings. The molecule has 0 fully saturated rings. The molecule has 2 nitrogen and oxygen atoms in total. The molecule has 0 aliphatic carbocycles. The molecular formula is C9H7BrClFO2. The highest BCUT2D eigenvalue weighted by Gasteiger charge is 2.20. The van der Waals surface area contributed by atoms with E-state index >= 15 is 0 Å². The summed E-state index contributed by atoms with van der Waals surface area (Å²) >= 11 is 8.85. The van der Waals surface area contributed by atoms with Crippen molar-refractivity contribution in [3.05, 3.63) is 34.6 Å². The second kappa shape index (κ2) is 4.75. The number of benzene rings is 1. The summed E-state index contributed by atoms with van der Waals surface area (Å²) in [5.41, 5.74) is 0.486. The van der Waals surface area contributed by atoms with Gasteiger partial charge in [-0.25, -0.2) is 4.39 Å². The van der Waals surface area contributed by atoms with E-state index in [0.29, 0.717) is 5.56 Å². The van der Waals surface area contributed by atoms with E-state index in [4.69, 9.17) is 11.6 Å². The van der Waals surface area contributed by atoms with Crippen LogP contribution in [0, 0.1) is 5.82 Å². The van der Waals surface area contributed by atoms with Gasteiger partial charge in [0.15, 0.2) is 0 Å². The van der Waals surface area contributed by atoms with E-state index in [0.717, 1.165) is 6.07 Å². The van der Waals surface area contributed by atoms with Crippen LogP contribution in [-0.2, 0) is 9.53 Å². The molecule has 0 heterocycles. The zero-order valence-corrected chi connectivity index (χ0v) is 9.60. The summed E-state index contributed by atoms with van der Waals surface area (Å²) < 4.78 is 17.2. The van der Waals surface area contributed by atoms with Crippen LogP contribution in [0.2, 0.25) is 5.02 Å². The van der Waals surface area contributed by atoms with E-state index in [1.54, 1.807) is 0 Å². The van der Waals surface area contributed by atoms with Crippen molar-refractivity contribution in [3.63, 3.8) is 0 Å². The van der Waals surface area contributed by atoms with Crippen LogP contribution in [0.4, 0.5) is 4.39 Å². The second-order valence-electron chi connectivity index (χ2n) is 2.55. The molecule has 0 unspecified atom stereocenters. The van der Waals surface area contributed by atoms with Crippen LogP contribution in [0.15, 0.2) is 18.2 Å². The summed E-state index contributed by atoms with van der Waals surface area (Å²) in [6, 6.07) is 3.82. The van der Waals surface area contributed by atoms with Crippen molar-refractivity contribution < 1.29 is 13.9 Å². The smallest absolute Gasteiger partial charge is 0.324 e. The minimum Gasteiger partial charge on any atom is -0.468 e. The highest BCUT2D eigenvalue weighted by atomic mass is 79.9. The van der Waals surface area contributed by atoms with Gasteiger partial charge in [0.05, 0.1) is 7.11 Å². The first kappa shape index (κ1) is 11.5. The maximum Gasteiger partial charge on any atom is 0.324 e. The summed E-state index contributed by atoms with van der Waals surface area (Å²) in [4.78, 5) is 10.5. The fourth-order valence-corrected chi connectivity index (χ4v) is 1.93. The zero-order chi connectivity index (χ0) is 10.7. The number of carbonyl (C=O) groups is 1. The molecular weight excluding hydrogens is 274 g/mol. The number of alkyl halides is 1. The Morgan fingerprint density at radius 2 is 2.29 bits per heavy atom.